The molecule has 110 valence electrons. The van der Waals surface area contributed by atoms with Gasteiger partial charge in [0.05, 0.1) is 0 Å². The summed E-state index contributed by atoms with van der Waals surface area (Å²) in [5, 5.41) is 3.95. The van der Waals surface area contributed by atoms with E-state index in [0.29, 0.717) is 4.99 Å². The molecule has 0 atom stereocenters. The van der Waals surface area contributed by atoms with E-state index in [1.165, 1.54) is 12.8 Å². The summed E-state index contributed by atoms with van der Waals surface area (Å²) >= 11 is 10.9. The third-order valence-corrected chi connectivity index (χ3v) is 3.80. The Bertz CT molecular complexity index is 410. The first-order valence-electron chi connectivity index (χ1n) is 7.34. The van der Waals surface area contributed by atoms with Crippen molar-refractivity contribution in [2.45, 2.75) is 39.5 Å². The number of unbranched alkanes of at least 4 members (excludes halogenated alkanes) is 2. The molecule has 20 heavy (non-hydrogen) atoms. The minimum Gasteiger partial charge on any atom is -0.349 e. The van der Waals surface area contributed by atoms with E-state index in [0.717, 1.165) is 36.6 Å². The predicted molar refractivity (Wildman–Crippen MR) is 95.3 cm³/mol. The van der Waals surface area contributed by atoms with Crippen molar-refractivity contribution in [2.75, 3.05) is 13.1 Å². The normalized spacial score (nSPS) is 10.1. The smallest absolute Gasteiger partial charge is 0.174 e. The van der Waals surface area contributed by atoms with E-state index in [2.05, 4.69) is 24.1 Å². The van der Waals surface area contributed by atoms with Crippen molar-refractivity contribution in [1.29, 1.82) is 0 Å². The van der Waals surface area contributed by atoms with Gasteiger partial charge in [0.25, 0.3) is 0 Å². The van der Waals surface area contributed by atoms with Gasteiger partial charge in [0.2, 0.25) is 0 Å². The van der Waals surface area contributed by atoms with Crippen molar-refractivity contribution in [2.24, 2.45) is 0 Å². The second kappa shape index (κ2) is 9.83. The Hall–Kier alpha value is -1.00. The Kier molecular flexibility index (Phi) is 8.38. The van der Waals surface area contributed by atoms with Gasteiger partial charge in [-0.1, -0.05) is 69.2 Å². The zero-order chi connectivity index (χ0) is 14.8. The van der Waals surface area contributed by atoms with Crippen LogP contribution in [0.4, 0.5) is 0 Å². The van der Waals surface area contributed by atoms with E-state index in [1.807, 2.05) is 30.3 Å². The fourth-order valence-electron chi connectivity index (χ4n) is 1.85. The molecule has 0 saturated carbocycles. The third-order valence-electron chi connectivity index (χ3n) is 3.11. The SMILES string of the molecule is CCCCN(CCCC)C(=S)NC(=S)c1ccccc1. The van der Waals surface area contributed by atoms with Gasteiger partial charge in [0.1, 0.15) is 4.99 Å². The van der Waals surface area contributed by atoms with Crippen LogP contribution in [0.15, 0.2) is 30.3 Å². The minimum absolute atomic E-state index is 0.702. The van der Waals surface area contributed by atoms with Crippen LogP contribution in [0.5, 0.6) is 0 Å². The molecule has 0 unspecified atom stereocenters. The zero-order valence-corrected chi connectivity index (χ0v) is 14.0. The van der Waals surface area contributed by atoms with Crippen LogP contribution >= 0.6 is 24.4 Å². The third kappa shape index (κ3) is 5.97. The molecule has 0 fully saturated rings. The molecule has 0 aliphatic rings. The number of thiocarbonyl (C=S) groups is 2. The molecular weight excluding hydrogens is 284 g/mol. The zero-order valence-electron chi connectivity index (χ0n) is 12.4. The molecule has 0 aliphatic heterocycles. The lowest BCUT2D eigenvalue weighted by molar-refractivity contribution is 0.397. The molecule has 0 heterocycles. The molecule has 0 aliphatic carbocycles. The molecule has 2 nitrogen and oxygen atoms in total. The van der Waals surface area contributed by atoms with E-state index < -0.39 is 0 Å². The molecule has 1 aromatic rings. The molecule has 0 spiro atoms. The highest BCUT2D eigenvalue weighted by Crippen LogP contribution is 2.03. The Morgan fingerprint density at radius 3 is 2.05 bits per heavy atom. The highest BCUT2D eigenvalue weighted by atomic mass is 32.1. The Balaban J connectivity index is 2.58. The summed E-state index contributed by atoms with van der Waals surface area (Å²) in [5.41, 5.74) is 1.01. The number of benzene rings is 1. The van der Waals surface area contributed by atoms with Crippen LogP contribution in [0.3, 0.4) is 0 Å². The lowest BCUT2D eigenvalue weighted by atomic mass is 10.2. The first-order valence-corrected chi connectivity index (χ1v) is 8.16. The van der Waals surface area contributed by atoms with Crippen LogP contribution in [0.1, 0.15) is 45.1 Å². The van der Waals surface area contributed by atoms with Crippen molar-refractivity contribution in [3.05, 3.63) is 35.9 Å². The highest BCUT2D eigenvalue weighted by molar-refractivity contribution is 7.82. The van der Waals surface area contributed by atoms with Crippen molar-refractivity contribution in [3.63, 3.8) is 0 Å². The fourth-order valence-corrected chi connectivity index (χ4v) is 2.43. The van der Waals surface area contributed by atoms with E-state index in [9.17, 15) is 0 Å². The molecule has 1 rings (SSSR count). The van der Waals surface area contributed by atoms with Crippen LogP contribution in [-0.4, -0.2) is 28.1 Å². The summed E-state index contributed by atoms with van der Waals surface area (Å²) < 4.78 is 0. The summed E-state index contributed by atoms with van der Waals surface area (Å²) in [6.07, 6.45) is 4.66. The second-order valence-electron chi connectivity index (χ2n) is 4.82. The average molecular weight is 309 g/mol. The van der Waals surface area contributed by atoms with Crippen LogP contribution in [0.2, 0.25) is 0 Å². The molecule has 0 saturated heterocycles. The highest BCUT2D eigenvalue weighted by Gasteiger charge is 2.10. The van der Waals surface area contributed by atoms with Gasteiger partial charge < -0.3 is 10.2 Å². The molecule has 0 amide bonds. The second-order valence-corrected chi connectivity index (χ2v) is 5.61. The van der Waals surface area contributed by atoms with Gasteiger partial charge in [-0.05, 0) is 25.1 Å². The standard InChI is InChI=1S/C16H24N2S2/c1-3-5-12-18(13-6-4-2)16(20)17-15(19)14-10-8-7-9-11-14/h7-11H,3-6,12-13H2,1-2H3,(H,17,19,20). The Morgan fingerprint density at radius 1 is 1.00 bits per heavy atom. The van der Waals surface area contributed by atoms with Crippen LogP contribution in [0.25, 0.3) is 0 Å². The molecule has 1 N–H and O–H groups in total. The Morgan fingerprint density at radius 2 is 1.55 bits per heavy atom. The molecule has 0 radical (unpaired) electrons. The number of nitrogens with zero attached hydrogens (tertiary/aromatic N) is 1. The maximum Gasteiger partial charge on any atom is 0.174 e. The summed E-state index contributed by atoms with van der Waals surface area (Å²) in [7, 11) is 0. The molecule has 0 aromatic heterocycles. The van der Waals surface area contributed by atoms with Gasteiger partial charge in [-0.25, -0.2) is 0 Å². The predicted octanol–water partition coefficient (Wildman–Crippen LogP) is 4.14. The first kappa shape index (κ1) is 17.1. The van der Waals surface area contributed by atoms with Crippen LogP contribution < -0.4 is 5.32 Å². The molecule has 1 aromatic carbocycles. The van der Waals surface area contributed by atoms with E-state index in [4.69, 9.17) is 24.4 Å². The lowest BCUT2D eigenvalue weighted by Gasteiger charge is -2.26. The number of rotatable bonds is 7. The maximum absolute atomic E-state index is 5.51. The van der Waals surface area contributed by atoms with Crippen LogP contribution in [0, 0.1) is 0 Å². The van der Waals surface area contributed by atoms with Gasteiger partial charge in [-0.2, -0.15) is 0 Å². The van der Waals surface area contributed by atoms with Gasteiger partial charge in [0, 0.05) is 18.7 Å². The van der Waals surface area contributed by atoms with Crippen molar-refractivity contribution >= 4 is 34.5 Å². The lowest BCUT2D eigenvalue weighted by Crippen LogP contribution is -2.43. The topological polar surface area (TPSA) is 15.3 Å². The van der Waals surface area contributed by atoms with Gasteiger partial charge in [-0.3, -0.25) is 0 Å². The summed E-state index contributed by atoms with van der Waals surface area (Å²) in [4.78, 5) is 2.94. The quantitative estimate of drug-likeness (QED) is 0.761. The summed E-state index contributed by atoms with van der Waals surface area (Å²) in [6.45, 7) is 6.39. The largest absolute Gasteiger partial charge is 0.349 e. The number of hydrogen-bond donors (Lipinski definition) is 1. The number of hydrogen-bond acceptors (Lipinski definition) is 2. The van der Waals surface area contributed by atoms with Crippen molar-refractivity contribution < 1.29 is 0 Å². The van der Waals surface area contributed by atoms with Gasteiger partial charge in [0.15, 0.2) is 5.11 Å². The van der Waals surface area contributed by atoms with Gasteiger partial charge in [-0.15, -0.1) is 0 Å². The molecular formula is C16H24N2S2. The van der Waals surface area contributed by atoms with Crippen molar-refractivity contribution in [1.82, 2.24) is 10.2 Å². The molecule has 0 bridgehead atoms. The first-order chi connectivity index (χ1) is 9.69. The minimum atomic E-state index is 0.702. The fraction of sp³-hybridized carbons (Fsp3) is 0.500. The van der Waals surface area contributed by atoms with E-state index in [1.54, 1.807) is 0 Å². The van der Waals surface area contributed by atoms with E-state index in [-0.39, 0.29) is 0 Å². The Labute approximate surface area is 133 Å². The monoisotopic (exact) mass is 308 g/mol. The number of nitrogens with one attached hydrogen (secondary N) is 1. The summed E-state index contributed by atoms with van der Waals surface area (Å²) in [6, 6.07) is 9.95. The van der Waals surface area contributed by atoms with Crippen molar-refractivity contribution in [3.8, 4) is 0 Å². The average Bonchev–Trinajstić information content (AvgIpc) is 2.48. The van der Waals surface area contributed by atoms with Crippen LogP contribution in [-0.2, 0) is 0 Å². The summed E-state index contributed by atoms with van der Waals surface area (Å²) in [5.74, 6) is 0. The van der Waals surface area contributed by atoms with Gasteiger partial charge >= 0.3 is 0 Å². The molecule has 4 heteroatoms. The maximum atomic E-state index is 5.51. The van der Waals surface area contributed by atoms with E-state index >= 15 is 0 Å².